The molecule has 0 fully saturated rings. The van der Waals surface area contributed by atoms with Gasteiger partial charge >= 0.3 is 0 Å². The molecule has 0 saturated carbocycles. The summed E-state index contributed by atoms with van der Waals surface area (Å²) in [7, 11) is 3.62. The summed E-state index contributed by atoms with van der Waals surface area (Å²) >= 11 is 6.31. The summed E-state index contributed by atoms with van der Waals surface area (Å²) in [5.41, 5.74) is 2.06. The quantitative estimate of drug-likeness (QED) is 0.889. The van der Waals surface area contributed by atoms with E-state index in [0.29, 0.717) is 5.02 Å². The predicted octanol–water partition coefficient (Wildman–Crippen LogP) is 3.20. The molecule has 1 N–H and O–H groups in total. The number of benzene rings is 1. The van der Waals surface area contributed by atoms with E-state index < -0.39 is 0 Å². The Labute approximate surface area is 124 Å². The molecule has 0 saturated heterocycles. The smallest absolute Gasteiger partial charge is 0.103 e. The fraction of sp³-hybridized carbons (Fsp3) is 0.400. The van der Waals surface area contributed by atoms with Crippen LogP contribution < -0.4 is 5.32 Å². The summed E-state index contributed by atoms with van der Waals surface area (Å²) in [5.74, 6) is 0. The van der Waals surface area contributed by atoms with Gasteiger partial charge in [-0.3, -0.25) is 4.68 Å². The maximum absolute atomic E-state index is 6.31. The molecular weight excluding hydrogens is 274 g/mol. The van der Waals surface area contributed by atoms with Crippen LogP contribution in [0.15, 0.2) is 36.5 Å². The van der Waals surface area contributed by atoms with Crippen molar-refractivity contribution in [3.63, 3.8) is 0 Å². The number of likely N-dealkylation sites (N-methyl/N-ethyl adjacent to an activating group) is 1. The van der Waals surface area contributed by atoms with Gasteiger partial charge in [-0.1, -0.05) is 41.9 Å². The van der Waals surface area contributed by atoms with Gasteiger partial charge < -0.3 is 10.1 Å². The van der Waals surface area contributed by atoms with Crippen molar-refractivity contribution >= 4 is 11.6 Å². The third-order valence-corrected chi connectivity index (χ3v) is 3.71. The molecule has 0 amide bonds. The van der Waals surface area contributed by atoms with E-state index in [1.807, 2.05) is 36.9 Å². The lowest BCUT2D eigenvalue weighted by Gasteiger charge is -2.27. The fourth-order valence-electron chi connectivity index (χ4n) is 2.47. The van der Waals surface area contributed by atoms with Crippen LogP contribution in [0.1, 0.15) is 30.3 Å². The second kappa shape index (κ2) is 6.88. The molecule has 0 aliphatic heterocycles. The first-order chi connectivity index (χ1) is 9.72. The second-order valence-corrected chi connectivity index (χ2v) is 4.93. The Hall–Kier alpha value is -1.36. The zero-order valence-corrected chi connectivity index (χ0v) is 12.8. The molecule has 2 atom stereocenters. The van der Waals surface area contributed by atoms with E-state index in [9.17, 15) is 0 Å². The third-order valence-electron chi connectivity index (χ3n) is 3.42. The zero-order chi connectivity index (χ0) is 14.5. The molecule has 108 valence electrons. The number of ether oxygens (including phenoxy) is 1. The summed E-state index contributed by atoms with van der Waals surface area (Å²) in [6.07, 6.45) is 1.56. The van der Waals surface area contributed by atoms with Gasteiger partial charge in [0, 0.05) is 13.7 Å². The minimum atomic E-state index is -0.124. The van der Waals surface area contributed by atoms with Crippen LogP contribution in [0.4, 0.5) is 0 Å². The van der Waals surface area contributed by atoms with E-state index in [1.165, 1.54) is 0 Å². The van der Waals surface area contributed by atoms with E-state index in [4.69, 9.17) is 16.3 Å². The van der Waals surface area contributed by atoms with Gasteiger partial charge in [0.25, 0.3) is 0 Å². The highest BCUT2D eigenvalue weighted by Crippen LogP contribution is 2.34. The number of hydrogen-bond acceptors (Lipinski definition) is 3. The van der Waals surface area contributed by atoms with Gasteiger partial charge in [-0.05, 0) is 19.5 Å². The average Bonchev–Trinajstić information content (AvgIpc) is 2.86. The number of aryl methyl sites for hydroxylation is 1. The number of nitrogens with zero attached hydrogens (tertiary/aromatic N) is 2. The van der Waals surface area contributed by atoms with E-state index >= 15 is 0 Å². The first-order valence-electron chi connectivity index (χ1n) is 6.69. The van der Waals surface area contributed by atoms with Crippen molar-refractivity contribution in [1.82, 2.24) is 15.1 Å². The van der Waals surface area contributed by atoms with Crippen molar-refractivity contribution in [2.75, 3.05) is 14.2 Å². The van der Waals surface area contributed by atoms with Crippen molar-refractivity contribution in [3.8, 4) is 0 Å². The Bertz CT molecular complexity index is 541. The lowest BCUT2D eigenvalue weighted by Crippen LogP contribution is -2.28. The molecule has 2 unspecified atom stereocenters. The molecule has 1 heterocycles. The van der Waals surface area contributed by atoms with Gasteiger partial charge in [-0.2, -0.15) is 5.10 Å². The molecule has 2 rings (SSSR count). The summed E-state index contributed by atoms with van der Waals surface area (Å²) in [6, 6.07) is 10.1. The predicted molar refractivity (Wildman–Crippen MR) is 80.9 cm³/mol. The van der Waals surface area contributed by atoms with Crippen LogP contribution in [-0.2, 0) is 11.3 Å². The first kappa shape index (κ1) is 15.0. The minimum absolute atomic E-state index is 0.0580. The molecule has 20 heavy (non-hydrogen) atoms. The average molecular weight is 294 g/mol. The number of nitrogens with one attached hydrogen (secondary N) is 1. The highest BCUT2D eigenvalue weighted by Gasteiger charge is 2.28. The highest BCUT2D eigenvalue weighted by atomic mass is 35.5. The van der Waals surface area contributed by atoms with Gasteiger partial charge in [0.15, 0.2) is 0 Å². The fourth-order valence-corrected chi connectivity index (χ4v) is 2.73. The van der Waals surface area contributed by atoms with Gasteiger partial charge in [0.05, 0.1) is 23.0 Å². The number of hydrogen-bond donors (Lipinski definition) is 1. The van der Waals surface area contributed by atoms with Crippen LogP contribution in [-0.4, -0.2) is 23.9 Å². The normalized spacial score (nSPS) is 14.2. The maximum atomic E-state index is 6.31. The summed E-state index contributed by atoms with van der Waals surface area (Å²) in [6.45, 7) is 2.81. The number of rotatable bonds is 6. The molecule has 5 heteroatoms. The maximum Gasteiger partial charge on any atom is 0.103 e. The minimum Gasteiger partial charge on any atom is -0.375 e. The van der Waals surface area contributed by atoms with Crippen molar-refractivity contribution in [3.05, 3.63) is 52.8 Å². The summed E-state index contributed by atoms with van der Waals surface area (Å²) in [5, 5.41) is 8.26. The molecule has 1 aromatic carbocycles. The van der Waals surface area contributed by atoms with Crippen molar-refractivity contribution < 1.29 is 4.74 Å². The topological polar surface area (TPSA) is 39.1 Å². The lowest BCUT2D eigenvalue weighted by molar-refractivity contribution is 0.0673. The van der Waals surface area contributed by atoms with Crippen LogP contribution in [0.2, 0.25) is 5.02 Å². The molecule has 0 radical (unpaired) electrons. The van der Waals surface area contributed by atoms with Crippen LogP contribution in [0, 0.1) is 0 Å². The highest BCUT2D eigenvalue weighted by molar-refractivity contribution is 6.31. The molecule has 0 aliphatic rings. The van der Waals surface area contributed by atoms with Crippen LogP contribution >= 0.6 is 11.6 Å². The molecule has 1 aromatic heterocycles. The van der Waals surface area contributed by atoms with Gasteiger partial charge in [0.2, 0.25) is 0 Å². The number of aromatic nitrogens is 2. The van der Waals surface area contributed by atoms with E-state index in [1.54, 1.807) is 13.3 Å². The molecule has 2 aromatic rings. The first-order valence-corrected chi connectivity index (χ1v) is 7.06. The molecule has 0 aliphatic carbocycles. The van der Waals surface area contributed by atoms with Gasteiger partial charge in [0.1, 0.15) is 6.10 Å². The molecule has 0 spiro atoms. The van der Waals surface area contributed by atoms with Crippen molar-refractivity contribution in [2.45, 2.75) is 25.6 Å². The van der Waals surface area contributed by atoms with Crippen molar-refractivity contribution in [1.29, 1.82) is 0 Å². The van der Waals surface area contributed by atoms with Crippen LogP contribution in [0.25, 0.3) is 0 Å². The van der Waals surface area contributed by atoms with Crippen LogP contribution in [0.5, 0.6) is 0 Å². The monoisotopic (exact) mass is 293 g/mol. The van der Waals surface area contributed by atoms with E-state index in [0.717, 1.165) is 17.8 Å². The number of methoxy groups -OCH3 is 1. The Morgan fingerprint density at radius 3 is 2.60 bits per heavy atom. The van der Waals surface area contributed by atoms with Gasteiger partial charge in [-0.25, -0.2) is 0 Å². The molecule has 4 nitrogen and oxygen atoms in total. The zero-order valence-electron chi connectivity index (χ0n) is 12.0. The summed E-state index contributed by atoms with van der Waals surface area (Å²) in [4.78, 5) is 0. The summed E-state index contributed by atoms with van der Waals surface area (Å²) < 4.78 is 7.61. The SMILES string of the molecule is CCn1ncc(Cl)c1C(NC)C(OC)c1ccccc1. The van der Waals surface area contributed by atoms with Crippen molar-refractivity contribution in [2.24, 2.45) is 0 Å². The van der Waals surface area contributed by atoms with Gasteiger partial charge in [-0.15, -0.1) is 0 Å². The third kappa shape index (κ3) is 2.87. The van der Waals surface area contributed by atoms with E-state index in [-0.39, 0.29) is 12.1 Å². The van der Waals surface area contributed by atoms with E-state index in [2.05, 4.69) is 22.5 Å². The Kier molecular flexibility index (Phi) is 5.17. The Balaban J connectivity index is 2.42. The van der Waals surface area contributed by atoms with Crippen LogP contribution in [0.3, 0.4) is 0 Å². The molecular formula is C15H20ClN3O. The lowest BCUT2D eigenvalue weighted by atomic mass is 9.99. The standard InChI is InChI=1S/C15H20ClN3O/c1-4-19-14(12(16)10-18-19)13(17-2)15(20-3)11-8-6-5-7-9-11/h5-10,13,15,17H,4H2,1-3H3. The largest absolute Gasteiger partial charge is 0.375 e. The second-order valence-electron chi connectivity index (χ2n) is 4.53. The Morgan fingerprint density at radius 1 is 1.35 bits per heavy atom. The Morgan fingerprint density at radius 2 is 2.05 bits per heavy atom. The molecule has 0 bridgehead atoms. The number of halogens is 1.